The number of hydrogen-bond acceptors (Lipinski definition) is 8. The van der Waals surface area contributed by atoms with Gasteiger partial charge in [0.25, 0.3) is 5.91 Å². The van der Waals surface area contributed by atoms with Gasteiger partial charge in [-0.3, -0.25) is 4.79 Å². The molecule has 11 nitrogen and oxygen atoms in total. The number of aryl methyl sites for hydroxylation is 1. The summed E-state index contributed by atoms with van der Waals surface area (Å²) in [5.74, 6) is 0.0830. The van der Waals surface area contributed by atoms with Crippen molar-refractivity contribution in [2.45, 2.75) is 6.92 Å². The van der Waals surface area contributed by atoms with Gasteiger partial charge in [-0.1, -0.05) is 6.07 Å². The van der Waals surface area contributed by atoms with Gasteiger partial charge in [0.2, 0.25) is 11.8 Å². The number of ether oxygens (including phenoxy) is 1. The van der Waals surface area contributed by atoms with Crippen LogP contribution in [-0.4, -0.2) is 87.0 Å². The molecule has 182 valence electrons. The number of anilines is 1. The third kappa shape index (κ3) is 4.38. The molecule has 2 aromatic heterocycles. The van der Waals surface area contributed by atoms with E-state index in [1.165, 1.54) is 34.2 Å². The van der Waals surface area contributed by atoms with Crippen molar-refractivity contribution in [1.29, 1.82) is 0 Å². The molecule has 0 N–H and O–H groups in total. The fourth-order valence-electron chi connectivity index (χ4n) is 4.61. The molecule has 2 unspecified atom stereocenters. The second-order valence-corrected chi connectivity index (χ2v) is 9.00. The number of benzene rings is 1. The lowest BCUT2D eigenvalue weighted by Gasteiger charge is -2.23. The van der Waals surface area contributed by atoms with Crippen LogP contribution in [0.1, 0.15) is 16.1 Å². The molecule has 2 aliphatic heterocycles. The second kappa shape index (κ2) is 8.93. The number of carbonyl (C=O) groups is 2. The first-order valence-corrected chi connectivity index (χ1v) is 11.2. The third-order valence-electron chi connectivity index (χ3n) is 6.27. The Morgan fingerprint density at radius 3 is 2.40 bits per heavy atom. The van der Waals surface area contributed by atoms with E-state index in [0.717, 1.165) is 0 Å². The van der Waals surface area contributed by atoms with Crippen LogP contribution in [0, 0.1) is 24.6 Å². The molecular weight excluding hydrogens is 455 g/mol. The first-order chi connectivity index (χ1) is 16.8. The van der Waals surface area contributed by atoms with E-state index in [0.29, 0.717) is 43.5 Å². The molecule has 2 amide bonds. The Kier molecular flexibility index (Phi) is 5.79. The van der Waals surface area contributed by atoms with E-state index >= 15 is 0 Å². The van der Waals surface area contributed by atoms with Crippen molar-refractivity contribution in [3.8, 4) is 11.6 Å². The van der Waals surface area contributed by atoms with Crippen molar-refractivity contribution in [2.24, 2.45) is 11.8 Å². The lowest BCUT2D eigenvalue weighted by molar-refractivity contribution is 0.0777. The van der Waals surface area contributed by atoms with Crippen molar-refractivity contribution < 1.29 is 18.7 Å². The number of carbonyl (C=O) groups excluding carboxylic acids is 2. The van der Waals surface area contributed by atoms with Crippen LogP contribution in [-0.2, 0) is 0 Å². The number of amides is 2. The molecule has 3 aromatic rings. The van der Waals surface area contributed by atoms with E-state index in [-0.39, 0.29) is 29.2 Å². The fraction of sp³-hybridized carbons (Fsp3) is 0.391. The predicted molar refractivity (Wildman–Crippen MR) is 123 cm³/mol. The number of rotatable bonds is 4. The molecule has 12 heteroatoms. The van der Waals surface area contributed by atoms with Gasteiger partial charge in [-0.2, -0.15) is 20.0 Å². The van der Waals surface area contributed by atoms with Crippen molar-refractivity contribution in [3.63, 3.8) is 0 Å². The molecule has 0 saturated carbocycles. The highest BCUT2D eigenvalue weighted by Gasteiger charge is 2.43. The molecule has 35 heavy (non-hydrogen) atoms. The largest absolute Gasteiger partial charge is 0.416 e. The van der Waals surface area contributed by atoms with E-state index in [9.17, 15) is 14.0 Å². The molecule has 2 atom stereocenters. The van der Waals surface area contributed by atoms with Crippen molar-refractivity contribution in [1.82, 2.24) is 34.8 Å². The van der Waals surface area contributed by atoms with Crippen molar-refractivity contribution >= 4 is 17.9 Å². The minimum absolute atomic E-state index is 0.0325. The Bertz CT molecular complexity index is 1250. The van der Waals surface area contributed by atoms with E-state index in [1.54, 1.807) is 31.1 Å². The molecule has 0 radical (unpaired) electrons. The van der Waals surface area contributed by atoms with Gasteiger partial charge in [0.15, 0.2) is 0 Å². The standard InChI is InChI=1S/C23H25FN8O3/c1-14-9-19(35-23(34)29(2)3)28-22(27-14)31-12-15-10-30(11-16(15)13-31)21(33)20-17(24)5-4-6-18(20)32-25-7-8-26-32/h4-9,15-16H,10-13H2,1-3H3. The summed E-state index contributed by atoms with van der Waals surface area (Å²) in [7, 11) is 3.20. The minimum Gasteiger partial charge on any atom is -0.391 e. The van der Waals surface area contributed by atoms with E-state index in [4.69, 9.17) is 4.74 Å². The summed E-state index contributed by atoms with van der Waals surface area (Å²) in [4.78, 5) is 40.5. The summed E-state index contributed by atoms with van der Waals surface area (Å²) in [5.41, 5.74) is 0.964. The highest BCUT2D eigenvalue weighted by Crippen LogP contribution is 2.34. The topological polar surface area (TPSA) is 110 Å². The van der Waals surface area contributed by atoms with E-state index < -0.39 is 11.9 Å². The maximum atomic E-state index is 14.8. The number of likely N-dealkylation sites (tertiary alicyclic amines) is 1. The summed E-state index contributed by atoms with van der Waals surface area (Å²) in [6, 6.07) is 6.05. The Hall–Kier alpha value is -4.09. The minimum atomic E-state index is -0.601. The fourth-order valence-corrected chi connectivity index (χ4v) is 4.61. The van der Waals surface area contributed by atoms with Gasteiger partial charge < -0.3 is 19.4 Å². The van der Waals surface area contributed by atoms with Crippen LogP contribution in [0.15, 0.2) is 36.7 Å². The van der Waals surface area contributed by atoms with Gasteiger partial charge in [-0.25, -0.2) is 14.2 Å². The molecule has 5 rings (SSSR count). The smallest absolute Gasteiger partial charge is 0.391 e. The van der Waals surface area contributed by atoms with Crippen LogP contribution in [0.4, 0.5) is 15.1 Å². The highest BCUT2D eigenvalue weighted by molar-refractivity contribution is 5.98. The molecule has 2 fully saturated rings. The molecular formula is C23H25FN8O3. The number of halogens is 1. The molecule has 2 saturated heterocycles. The number of nitrogens with zero attached hydrogens (tertiary/aromatic N) is 8. The zero-order valence-corrected chi connectivity index (χ0v) is 19.6. The normalized spacial score (nSPS) is 19.1. The van der Waals surface area contributed by atoms with Crippen molar-refractivity contribution in [3.05, 3.63) is 53.7 Å². The van der Waals surface area contributed by atoms with Crippen LogP contribution in [0.5, 0.6) is 5.88 Å². The zero-order chi connectivity index (χ0) is 24.7. The second-order valence-electron chi connectivity index (χ2n) is 9.00. The summed E-state index contributed by atoms with van der Waals surface area (Å²) >= 11 is 0. The first kappa shape index (κ1) is 22.7. The first-order valence-electron chi connectivity index (χ1n) is 11.2. The summed E-state index contributed by atoms with van der Waals surface area (Å²) in [5, 5.41) is 8.11. The Balaban J connectivity index is 1.30. The van der Waals surface area contributed by atoms with Gasteiger partial charge >= 0.3 is 6.09 Å². The molecule has 1 aromatic carbocycles. The maximum Gasteiger partial charge on any atom is 0.416 e. The molecule has 0 aliphatic carbocycles. The maximum absolute atomic E-state index is 14.8. The van der Waals surface area contributed by atoms with Gasteiger partial charge in [-0.15, -0.1) is 0 Å². The predicted octanol–water partition coefficient (Wildman–Crippen LogP) is 1.77. The Morgan fingerprint density at radius 2 is 1.74 bits per heavy atom. The SMILES string of the molecule is Cc1cc(OC(=O)N(C)C)nc(N2CC3CN(C(=O)c4c(F)cccc4-n4nccn4)CC3C2)n1. The quantitative estimate of drug-likeness (QED) is 0.556. The zero-order valence-electron chi connectivity index (χ0n) is 19.6. The summed E-state index contributed by atoms with van der Waals surface area (Å²) < 4.78 is 20.1. The van der Waals surface area contributed by atoms with Gasteiger partial charge in [-0.05, 0) is 19.1 Å². The van der Waals surface area contributed by atoms with Crippen LogP contribution >= 0.6 is 0 Å². The van der Waals surface area contributed by atoms with E-state index in [2.05, 4.69) is 20.2 Å². The summed E-state index contributed by atoms with van der Waals surface area (Å²) in [6.07, 6.45) is 2.45. The summed E-state index contributed by atoms with van der Waals surface area (Å²) in [6.45, 7) is 4.09. The Morgan fingerprint density at radius 1 is 1.06 bits per heavy atom. The molecule has 0 spiro atoms. The van der Waals surface area contributed by atoms with Crippen LogP contribution in [0.25, 0.3) is 5.69 Å². The molecule has 0 bridgehead atoms. The monoisotopic (exact) mass is 480 g/mol. The highest BCUT2D eigenvalue weighted by atomic mass is 19.1. The molecule has 2 aliphatic rings. The van der Waals surface area contributed by atoms with Crippen LogP contribution in [0.2, 0.25) is 0 Å². The van der Waals surface area contributed by atoms with Crippen LogP contribution < -0.4 is 9.64 Å². The number of hydrogen-bond donors (Lipinski definition) is 0. The van der Waals surface area contributed by atoms with Gasteiger partial charge in [0.1, 0.15) is 17.1 Å². The van der Waals surface area contributed by atoms with E-state index in [1.807, 2.05) is 11.8 Å². The molecule has 4 heterocycles. The number of aromatic nitrogens is 5. The third-order valence-corrected chi connectivity index (χ3v) is 6.27. The number of fused-ring (bicyclic) bond motifs is 1. The van der Waals surface area contributed by atoms with Gasteiger partial charge in [0.05, 0.1) is 12.4 Å². The van der Waals surface area contributed by atoms with Crippen molar-refractivity contribution in [2.75, 3.05) is 45.2 Å². The lowest BCUT2D eigenvalue weighted by Crippen LogP contribution is -2.35. The lowest BCUT2D eigenvalue weighted by atomic mass is 10.0. The average molecular weight is 481 g/mol. The van der Waals surface area contributed by atoms with Crippen LogP contribution in [0.3, 0.4) is 0 Å². The Labute approximate surface area is 201 Å². The average Bonchev–Trinajstić information content (AvgIpc) is 3.54. The van der Waals surface area contributed by atoms with Gasteiger partial charge in [0, 0.05) is 63.9 Å².